The van der Waals surface area contributed by atoms with Crippen molar-refractivity contribution in [2.75, 3.05) is 11.9 Å². The van der Waals surface area contributed by atoms with Crippen molar-refractivity contribution in [3.05, 3.63) is 53.6 Å². The highest BCUT2D eigenvalue weighted by molar-refractivity contribution is 5.73. The minimum Gasteiger partial charge on any atom is -0.339 e. The normalized spacial score (nSPS) is 10.1. The van der Waals surface area contributed by atoms with Crippen LogP contribution in [0.3, 0.4) is 0 Å². The number of halogens is 1. The molecule has 18 heavy (non-hydrogen) atoms. The van der Waals surface area contributed by atoms with Gasteiger partial charge in [0.15, 0.2) is 6.29 Å². The number of carbonyl (C=O) groups is 1. The highest BCUT2D eigenvalue weighted by Gasteiger charge is 2.08. The minimum atomic E-state index is -0.256. The smallest absolute Gasteiger partial charge is 0.225 e. The second-order valence-electron chi connectivity index (χ2n) is 3.88. The topological polar surface area (TPSA) is 46.1 Å². The lowest BCUT2D eigenvalue weighted by atomic mass is 10.2. The van der Waals surface area contributed by atoms with Gasteiger partial charge in [-0.3, -0.25) is 4.79 Å². The highest BCUT2D eigenvalue weighted by atomic mass is 19.1. The molecule has 0 saturated carbocycles. The first-order chi connectivity index (χ1) is 8.70. The monoisotopic (exact) mass is 245 g/mol. The van der Waals surface area contributed by atoms with Crippen LogP contribution in [0.15, 0.2) is 36.7 Å². The zero-order valence-electron chi connectivity index (χ0n) is 9.88. The van der Waals surface area contributed by atoms with Crippen molar-refractivity contribution < 1.29 is 9.18 Å². The molecule has 1 aromatic heterocycles. The summed E-state index contributed by atoms with van der Waals surface area (Å²) in [5, 5.41) is 0. The van der Waals surface area contributed by atoms with Gasteiger partial charge in [-0.15, -0.1) is 0 Å². The number of nitrogens with zero attached hydrogens (tertiary/aromatic N) is 3. The van der Waals surface area contributed by atoms with E-state index in [4.69, 9.17) is 0 Å². The van der Waals surface area contributed by atoms with Crippen molar-refractivity contribution in [3.8, 4) is 0 Å². The molecule has 0 bridgehead atoms. The Morgan fingerprint density at radius 2 is 1.94 bits per heavy atom. The fourth-order valence-corrected chi connectivity index (χ4v) is 1.54. The Kier molecular flexibility index (Phi) is 3.62. The summed E-state index contributed by atoms with van der Waals surface area (Å²) < 4.78 is 13.5. The first kappa shape index (κ1) is 12.2. The van der Waals surface area contributed by atoms with E-state index in [1.807, 2.05) is 0 Å². The molecule has 0 amide bonds. The van der Waals surface area contributed by atoms with Crippen LogP contribution in [0.4, 0.5) is 10.3 Å². The van der Waals surface area contributed by atoms with Crippen LogP contribution in [0, 0.1) is 5.82 Å². The van der Waals surface area contributed by atoms with Crippen LogP contribution in [0.25, 0.3) is 0 Å². The molecule has 5 heteroatoms. The van der Waals surface area contributed by atoms with Crippen molar-refractivity contribution in [1.29, 1.82) is 0 Å². The van der Waals surface area contributed by atoms with Gasteiger partial charge in [0.25, 0.3) is 0 Å². The van der Waals surface area contributed by atoms with Gasteiger partial charge in [0, 0.05) is 31.5 Å². The molecule has 0 aliphatic carbocycles. The molecule has 1 heterocycles. The van der Waals surface area contributed by atoms with Crippen LogP contribution >= 0.6 is 0 Å². The van der Waals surface area contributed by atoms with Crippen molar-refractivity contribution in [2.45, 2.75) is 6.54 Å². The average molecular weight is 245 g/mol. The van der Waals surface area contributed by atoms with Gasteiger partial charge in [-0.1, -0.05) is 18.2 Å². The Hall–Kier alpha value is -2.30. The second kappa shape index (κ2) is 5.35. The third kappa shape index (κ3) is 2.68. The van der Waals surface area contributed by atoms with Crippen molar-refractivity contribution in [1.82, 2.24) is 9.97 Å². The molecule has 0 spiro atoms. The van der Waals surface area contributed by atoms with Crippen LogP contribution in [0.1, 0.15) is 15.9 Å². The second-order valence-corrected chi connectivity index (χ2v) is 3.88. The summed E-state index contributed by atoms with van der Waals surface area (Å²) in [6, 6.07) is 6.56. The molecular weight excluding hydrogens is 233 g/mol. The van der Waals surface area contributed by atoms with Crippen LogP contribution < -0.4 is 4.90 Å². The van der Waals surface area contributed by atoms with Gasteiger partial charge in [0.1, 0.15) is 5.82 Å². The Morgan fingerprint density at radius 1 is 1.28 bits per heavy atom. The fraction of sp³-hybridized carbons (Fsp3) is 0.154. The summed E-state index contributed by atoms with van der Waals surface area (Å²) in [6.07, 6.45) is 3.56. The van der Waals surface area contributed by atoms with E-state index in [-0.39, 0.29) is 5.82 Å². The predicted molar refractivity (Wildman–Crippen MR) is 65.9 cm³/mol. The van der Waals surface area contributed by atoms with E-state index in [2.05, 4.69) is 9.97 Å². The Bertz CT molecular complexity index is 542. The van der Waals surface area contributed by atoms with Crippen LogP contribution in [-0.4, -0.2) is 23.3 Å². The minimum absolute atomic E-state index is 0.256. The molecule has 0 aliphatic heterocycles. The standard InChI is InChI=1S/C13H12FN3O/c1-17(8-11-4-2-3-5-12(11)14)13-15-6-10(9-18)7-16-13/h2-7,9H,8H2,1H3. The average Bonchev–Trinajstić information content (AvgIpc) is 2.41. The van der Waals surface area contributed by atoms with Crippen LogP contribution in [-0.2, 0) is 6.54 Å². The lowest BCUT2D eigenvalue weighted by Gasteiger charge is -2.17. The molecular formula is C13H12FN3O. The zero-order valence-corrected chi connectivity index (χ0v) is 9.88. The van der Waals surface area contributed by atoms with E-state index in [0.717, 1.165) is 0 Å². The van der Waals surface area contributed by atoms with Crippen molar-refractivity contribution >= 4 is 12.2 Å². The summed E-state index contributed by atoms with van der Waals surface area (Å²) in [5.41, 5.74) is 0.987. The number of rotatable bonds is 4. The number of hydrogen-bond acceptors (Lipinski definition) is 4. The molecule has 1 aromatic carbocycles. The third-order valence-corrected chi connectivity index (χ3v) is 2.50. The maximum Gasteiger partial charge on any atom is 0.225 e. The fourth-order valence-electron chi connectivity index (χ4n) is 1.54. The first-order valence-electron chi connectivity index (χ1n) is 5.42. The van der Waals surface area contributed by atoms with E-state index in [1.54, 1.807) is 30.1 Å². The molecule has 4 nitrogen and oxygen atoms in total. The number of hydrogen-bond donors (Lipinski definition) is 0. The van der Waals surface area contributed by atoms with E-state index < -0.39 is 0 Å². The molecule has 0 radical (unpaired) electrons. The quantitative estimate of drug-likeness (QED) is 0.773. The van der Waals surface area contributed by atoms with Crippen molar-refractivity contribution in [2.24, 2.45) is 0 Å². The number of aldehydes is 1. The van der Waals surface area contributed by atoms with Crippen molar-refractivity contribution in [3.63, 3.8) is 0 Å². The number of anilines is 1. The van der Waals surface area contributed by atoms with Crippen LogP contribution in [0.5, 0.6) is 0 Å². The molecule has 2 rings (SSSR count). The number of carbonyl (C=O) groups excluding carboxylic acids is 1. The summed E-state index contributed by atoms with van der Waals surface area (Å²) in [4.78, 5) is 20.3. The Balaban J connectivity index is 2.14. The van der Waals surface area contributed by atoms with E-state index in [1.165, 1.54) is 18.5 Å². The van der Waals surface area contributed by atoms with Gasteiger partial charge >= 0.3 is 0 Å². The van der Waals surface area contributed by atoms with Gasteiger partial charge in [-0.2, -0.15) is 0 Å². The summed E-state index contributed by atoms with van der Waals surface area (Å²) in [5.74, 6) is 0.192. The lowest BCUT2D eigenvalue weighted by molar-refractivity contribution is 0.112. The molecule has 2 aromatic rings. The summed E-state index contributed by atoms with van der Waals surface area (Å²) in [6.45, 7) is 0.368. The first-order valence-corrected chi connectivity index (χ1v) is 5.42. The van der Waals surface area contributed by atoms with Gasteiger partial charge in [0.2, 0.25) is 5.95 Å². The summed E-state index contributed by atoms with van der Waals surface area (Å²) >= 11 is 0. The number of benzene rings is 1. The summed E-state index contributed by atoms with van der Waals surface area (Å²) in [7, 11) is 1.77. The zero-order chi connectivity index (χ0) is 13.0. The van der Waals surface area contributed by atoms with Gasteiger partial charge in [-0.05, 0) is 6.07 Å². The molecule has 0 saturated heterocycles. The molecule has 92 valence electrons. The SMILES string of the molecule is CN(Cc1ccccc1F)c1ncc(C=O)cn1. The molecule has 0 unspecified atom stereocenters. The number of aromatic nitrogens is 2. The largest absolute Gasteiger partial charge is 0.339 e. The van der Waals surface area contributed by atoms with E-state index >= 15 is 0 Å². The van der Waals surface area contributed by atoms with Crippen LogP contribution in [0.2, 0.25) is 0 Å². The molecule has 0 atom stereocenters. The lowest BCUT2D eigenvalue weighted by Crippen LogP contribution is -2.19. The molecule has 0 aliphatic rings. The van der Waals surface area contributed by atoms with E-state index in [0.29, 0.717) is 29.9 Å². The van der Waals surface area contributed by atoms with E-state index in [9.17, 15) is 9.18 Å². The maximum atomic E-state index is 13.5. The molecule has 0 N–H and O–H groups in total. The molecule has 0 fully saturated rings. The Labute approximate surface area is 104 Å². The predicted octanol–water partition coefficient (Wildman–Crippen LogP) is 2.06. The maximum absolute atomic E-state index is 13.5. The highest BCUT2D eigenvalue weighted by Crippen LogP contribution is 2.12. The Morgan fingerprint density at radius 3 is 2.56 bits per heavy atom. The third-order valence-electron chi connectivity index (χ3n) is 2.50. The van der Waals surface area contributed by atoms with Gasteiger partial charge < -0.3 is 4.90 Å². The van der Waals surface area contributed by atoms with Gasteiger partial charge in [-0.25, -0.2) is 14.4 Å². The van der Waals surface area contributed by atoms with Gasteiger partial charge in [0.05, 0.1) is 5.56 Å².